The number of ether oxygens (including phenoxy) is 1. The van der Waals surface area contributed by atoms with Crippen LogP contribution in [0.15, 0.2) is 28.6 Å². The third-order valence-electron chi connectivity index (χ3n) is 2.60. The Morgan fingerprint density at radius 2 is 2.20 bits per heavy atom. The summed E-state index contributed by atoms with van der Waals surface area (Å²) in [5.74, 6) is -0.640. The van der Waals surface area contributed by atoms with Gasteiger partial charge in [0.2, 0.25) is 0 Å². The Balaban J connectivity index is 2.12. The lowest BCUT2D eigenvalue weighted by molar-refractivity contribution is 0.313. The van der Waals surface area contributed by atoms with Crippen LogP contribution in [0.2, 0.25) is 0 Å². The molecule has 1 aromatic carbocycles. The number of thiazole rings is 1. The van der Waals surface area contributed by atoms with Gasteiger partial charge in [-0.05, 0) is 25.1 Å². The first-order valence-corrected chi connectivity index (χ1v) is 8.83. The second kappa shape index (κ2) is 6.07. The Morgan fingerprint density at radius 3 is 2.80 bits per heavy atom. The van der Waals surface area contributed by atoms with Gasteiger partial charge in [-0.1, -0.05) is 0 Å². The second-order valence-electron chi connectivity index (χ2n) is 3.99. The number of aryl methyl sites for hydroxylation is 1. The van der Waals surface area contributed by atoms with Crippen LogP contribution in [0, 0.1) is 12.7 Å². The topological polar surface area (TPSA) is 56.3 Å². The molecule has 0 N–H and O–H groups in total. The van der Waals surface area contributed by atoms with Crippen molar-refractivity contribution in [3.8, 4) is 5.75 Å². The van der Waals surface area contributed by atoms with Crippen molar-refractivity contribution in [1.29, 1.82) is 0 Å². The van der Waals surface area contributed by atoms with Crippen molar-refractivity contribution < 1.29 is 17.5 Å². The summed E-state index contributed by atoms with van der Waals surface area (Å²) in [4.78, 5) is 4.80. The average molecular weight is 336 g/mol. The molecule has 0 fully saturated rings. The molecule has 0 unspecified atom stereocenters. The monoisotopic (exact) mass is 335 g/mol. The molecule has 0 aliphatic carbocycles. The number of hydrogen-bond donors (Lipinski definition) is 0. The molecule has 0 saturated heterocycles. The summed E-state index contributed by atoms with van der Waals surface area (Å²) in [5, 5.41) is 0. The molecule has 20 heavy (non-hydrogen) atoms. The van der Waals surface area contributed by atoms with Crippen molar-refractivity contribution in [2.45, 2.75) is 18.2 Å². The minimum Gasteiger partial charge on any atom is -0.492 e. The van der Waals surface area contributed by atoms with E-state index in [9.17, 15) is 12.8 Å². The van der Waals surface area contributed by atoms with Crippen molar-refractivity contribution in [3.05, 3.63) is 40.1 Å². The van der Waals surface area contributed by atoms with E-state index < -0.39 is 14.9 Å². The van der Waals surface area contributed by atoms with Crippen molar-refractivity contribution in [2.75, 3.05) is 6.61 Å². The van der Waals surface area contributed by atoms with E-state index in [0.717, 1.165) is 22.7 Å². The van der Waals surface area contributed by atoms with E-state index in [0.29, 0.717) is 6.42 Å². The van der Waals surface area contributed by atoms with Crippen LogP contribution in [-0.4, -0.2) is 20.0 Å². The van der Waals surface area contributed by atoms with Crippen molar-refractivity contribution >= 4 is 31.1 Å². The molecule has 0 bridgehead atoms. The van der Waals surface area contributed by atoms with Gasteiger partial charge in [-0.25, -0.2) is 17.8 Å². The molecule has 0 spiro atoms. The summed E-state index contributed by atoms with van der Waals surface area (Å²) in [7, 11) is 1.21. The SMILES string of the molecule is Cc1ncsc1CCOc1ccc(F)cc1S(=O)(=O)Cl. The maximum atomic E-state index is 13.1. The normalized spacial score (nSPS) is 11.6. The summed E-state index contributed by atoms with van der Waals surface area (Å²) in [6, 6.07) is 3.22. The number of rotatable bonds is 5. The van der Waals surface area contributed by atoms with Crippen LogP contribution in [0.25, 0.3) is 0 Å². The third-order valence-corrected chi connectivity index (χ3v) is 4.94. The number of hydrogen-bond acceptors (Lipinski definition) is 5. The van der Waals surface area contributed by atoms with Gasteiger partial charge in [0.15, 0.2) is 0 Å². The minimum absolute atomic E-state index is 0.0450. The van der Waals surface area contributed by atoms with Gasteiger partial charge in [0.25, 0.3) is 9.05 Å². The lowest BCUT2D eigenvalue weighted by atomic mass is 10.3. The van der Waals surface area contributed by atoms with E-state index in [1.165, 1.54) is 17.4 Å². The zero-order valence-corrected chi connectivity index (χ0v) is 12.9. The van der Waals surface area contributed by atoms with E-state index in [-0.39, 0.29) is 17.3 Å². The number of aromatic nitrogens is 1. The summed E-state index contributed by atoms with van der Waals surface area (Å²) >= 11 is 1.50. The maximum absolute atomic E-state index is 13.1. The van der Waals surface area contributed by atoms with Gasteiger partial charge in [0.05, 0.1) is 17.8 Å². The van der Waals surface area contributed by atoms with E-state index >= 15 is 0 Å². The summed E-state index contributed by atoms with van der Waals surface area (Å²) < 4.78 is 41.2. The number of nitrogens with zero attached hydrogens (tertiary/aromatic N) is 1. The second-order valence-corrected chi connectivity index (χ2v) is 7.46. The molecular weight excluding hydrogens is 325 g/mol. The Morgan fingerprint density at radius 1 is 1.45 bits per heavy atom. The predicted molar refractivity (Wildman–Crippen MR) is 75.5 cm³/mol. The van der Waals surface area contributed by atoms with Crippen molar-refractivity contribution in [3.63, 3.8) is 0 Å². The zero-order chi connectivity index (χ0) is 14.8. The standard InChI is InChI=1S/C12H11ClFNO3S2/c1-8-11(19-7-15-8)4-5-18-10-3-2-9(14)6-12(10)20(13,16)17/h2-3,6-7H,4-5H2,1H3. The molecule has 0 aliphatic heterocycles. The zero-order valence-electron chi connectivity index (χ0n) is 10.5. The first-order valence-electron chi connectivity index (χ1n) is 5.64. The third kappa shape index (κ3) is 3.68. The molecule has 0 aliphatic rings. The molecule has 108 valence electrons. The lowest BCUT2D eigenvalue weighted by Gasteiger charge is -2.09. The molecule has 2 aromatic rings. The van der Waals surface area contributed by atoms with Crippen LogP contribution >= 0.6 is 22.0 Å². The Bertz CT molecular complexity index is 715. The van der Waals surface area contributed by atoms with Crippen LogP contribution in [0.4, 0.5) is 4.39 Å². The fourth-order valence-corrected chi connectivity index (χ4v) is 3.36. The molecule has 1 heterocycles. The van der Waals surface area contributed by atoms with Gasteiger partial charge >= 0.3 is 0 Å². The molecule has 0 saturated carbocycles. The highest BCUT2D eigenvalue weighted by molar-refractivity contribution is 8.13. The van der Waals surface area contributed by atoms with Crippen LogP contribution in [-0.2, 0) is 15.5 Å². The van der Waals surface area contributed by atoms with E-state index in [4.69, 9.17) is 15.4 Å². The summed E-state index contributed by atoms with van der Waals surface area (Å²) in [6.07, 6.45) is 0.593. The number of benzene rings is 1. The van der Waals surface area contributed by atoms with E-state index in [2.05, 4.69) is 4.98 Å². The van der Waals surface area contributed by atoms with Crippen molar-refractivity contribution in [1.82, 2.24) is 4.98 Å². The molecule has 1 aromatic heterocycles. The van der Waals surface area contributed by atoms with Crippen LogP contribution < -0.4 is 4.74 Å². The lowest BCUT2D eigenvalue weighted by Crippen LogP contribution is -2.05. The fraction of sp³-hybridized carbons (Fsp3) is 0.250. The fourth-order valence-electron chi connectivity index (χ4n) is 1.61. The Kier molecular flexibility index (Phi) is 4.62. The van der Waals surface area contributed by atoms with E-state index in [1.54, 1.807) is 5.51 Å². The molecular formula is C12H11ClFNO3S2. The van der Waals surface area contributed by atoms with Gasteiger partial charge in [-0.15, -0.1) is 11.3 Å². The summed E-state index contributed by atoms with van der Waals surface area (Å²) in [6.45, 7) is 2.15. The molecule has 0 atom stereocenters. The molecule has 4 nitrogen and oxygen atoms in total. The summed E-state index contributed by atoms with van der Waals surface area (Å²) in [5.41, 5.74) is 2.65. The molecule has 0 amide bonds. The van der Waals surface area contributed by atoms with Gasteiger partial charge in [0.1, 0.15) is 16.5 Å². The highest BCUT2D eigenvalue weighted by Crippen LogP contribution is 2.28. The van der Waals surface area contributed by atoms with Crippen LogP contribution in [0.1, 0.15) is 10.6 Å². The van der Waals surface area contributed by atoms with Gasteiger partial charge in [-0.2, -0.15) is 0 Å². The van der Waals surface area contributed by atoms with Gasteiger partial charge < -0.3 is 4.74 Å². The minimum atomic E-state index is -4.05. The highest BCUT2D eigenvalue weighted by Gasteiger charge is 2.18. The molecule has 2 rings (SSSR count). The highest BCUT2D eigenvalue weighted by atomic mass is 35.7. The van der Waals surface area contributed by atoms with Gasteiger partial charge in [0, 0.05) is 22.0 Å². The molecule has 0 radical (unpaired) electrons. The first-order chi connectivity index (χ1) is 9.38. The smallest absolute Gasteiger partial charge is 0.265 e. The van der Waals surface area contributed by atoms with E-state index in [1.807, 2.05) is 6.92 Å². The largest absolute Gasteiger partial charge is 0.492 e. The maximum Gasteiger partial charge on any atom is 0.265 e. The Hall–Kier alpha value is -1.18. The predicted octanol–water partition coefficient (Wildman–Crippen LogP) is 3.14. The molecule has 8 heteroatoms. The average Bonchev–Trinajstić information content (AvgIpc) is 2.76. The van der Waals surface area contributed by atoms with Crippen molar-refractivity contribution in [2.24, 2.45) is 0 Å². The van der Waals surface area contributed by atoms with Gasteiger partial charge in [-0.3, -0.25) is 0 Å². The number of halogens is 2. The van der Waals surface area contributed by atoms with Crippen LogP contribution in [0.3, 0.4) is 0 Å². The first kappa shape index (κ1) is 15.2. The van der Waals surface area contributed by atoms with Crippen LogP contribution in [0.5, 0.6) is 5.75 Å². The Labute approximate surface area is 124 Å². The quantitative estimate of drug-likeness (QED) is 0.788.